The lowest BCUT2D eigenvalue weighted by Gasteiger charge is -2.31. The fourth-order valence-electron chi connectivity index (χ4n) is 2.26. The zero-order chi connectivity index (χ0) is 13.7. The Morgan fingerprint density at radius 3 is 2.89 bits per heavy atom. The third kappa shape index (κ3) is 3.75. The van der Waals surface area contributed by atoms with Crippen LogP contribution in [0.4, 0.5) is 4.39 Å². The Bertz CT molecular complexity index is 405. The van der Waals surface area contributed by atoms with Crippen LogP contribution in [0.2, 0.25) is 0 Å². The molecule has 106 valence electrons. The molecular formula is C15H22FNO2. The van der Waals surface area contributed by atoms with Crippen molar-refractivity contribution in [3.05, 3.63) is 35.1 Å². The summed E-state index contributed by atoms with van der Waals surface area (Å²) in [4.78, 5) is 0. The number of aryl methyl sites for hydroxylation is 1. The Hall–Kier alpha value is -0.970. The van der Waals surface area contributed by atoms with Crippen LogP contribution in [0.1, 0.15) is 30.5 Å². The second-order valence-electron chi connectivity index (χ2n) is 4.92. The molecule has 1 heterocycles. The van der Waals surface area contributed by atoms with Gasteiger partial charge in [-0.05, 0) is 37.1 Å². The van der Waals surface area contributed by atoms with E-state index in [-0.39, 0.29) is 18.0 Å². The molecule has 1 aromatic carbocycles. The Labute approximate surface area is 114 Å². The van der Waals surface area contributed by atoms with E-state index in [4.69, 9.17) is 9.47 Å². The van der Waals surface area contributed by atoms with Crippen LogP contribution in [0, 0.1) is 12.7 Å². The van der Waals surface area contributed by atoms with E-state index in [9.17, 15) is 4.39 Å². The Morgan fingerprint density at radius 2 is 2.26 bits per heavy atom. The summed E-state index contributed by atoms with van der Waals surface area (Å²) in [7, 11) is 0. The molecule has 19 heavy (non-hydrogen) atoms. The monoisotopic (exact) mass is 267 g/mol. The zero-order valence-corrected chi connectivity index (χ0v) is 11.6. The van der Waals surface area contributed by atoms with Gasteiger partial charge < -0.3 is 14.8 Å². The highest BCUT2D eigenvalue weighted by Crippen LogP contribution is 2.23. The van der Waals surface area contributed by atoms with Crippen molar-refractivity contribution in [2.75, 3.05) is 26.4 Å². The van der Waals surface area contributed by atoms with E-state index in [0.717, 1.165) is 18.5 Å². The normalized spacial score (nSPS) is 21.3. The van der Waals surface area contributed by atoms with Gasteiger partial charge in [0.15, 0.2) is 0 Å². The third-order valence-corrected chi connectivity index (χ3v) is 3.38. The summed E-state index contributed by atoms with van der Waals surface area (Å²) in [5.41, 5.74) is 1.59. The lowest BCUT2D eigenvalue weighted by atomic mass is 9.99. The van der Waals surface area contributed by atoms with E-state index in [1.165, 1.54) is 0 Å². The number of ether oxygens (including phenoxy) is 2. The van der Waals surface area contributed by atoms with Crippen molar-refractivity contribution >= 4 is 0 Å². The summed E-state index contributed by atoms with van der Waals surface area (Å²) in [6.45, 7) is 6.55. The van der Waals surface area contributed by atoms with E-state index >= 15 is 0 Å². The van der Waals surface area contributed by atoms with Gasteiger partial charge in [0, 0.05) is 0 Å². The average molecular weight is 267 g/mol. The zero-order valence-electron chi connectivity index (χ0n) is 11.6. The van der Waals surface area contributed by atoms with Crippen LogP contribution >= 0.6 is 0 Å². The molecule has 1 aliphatic heterocycles. The molecule has 2 unspecified atom stereocenters. The molecule has 4 heteroatoms. The maximum absolute atomic E-state index is 13.7. The highest BCUT2D eigenvalue weighted by molar-refractivity contribution is 5.26. The van der Waals surface area contributed by atoms with Crippen molar-refractivity contribution in [1.29, 1.82) is 0 Å². The fourth-order valence-corrected chi connectivity index (χ4v) is 2.26. The Morgan fingerprint density at radius 1 is 1.42 bits per heavy atom. The van der Waals surface area contributed by atoms with Crippen LogP contribution in [0.15, 0.2) is 18.2 Å². The molecule has 1 fully saturated rings. The highest BCUT2D eigenvalue weighted by Gasteiger charge is 2.26. The Kier molecular flexibility index (Phi) is 5.31. The maximum Gasteiger partial charge on any atom is 0.126 e. The highest BCUT2D eigenvalue weighted by atomic mass is 19.1. The van der Waals surface area contributed by atoms with Gasteiger partial charge in [-0.1, -0.05) is 19.1 Å². The molecular weight excluding hydrogens is 245 g/mol. The predicted octanol–water partition coefficient (Wildman–Crippen LogP) is 2.59. The molecule has 1 aliphatic rings. The van der Waals surface area contributed by atoms with Gasteiger partial charge >= 0.3 is 0 Å². The summed E-state index contributed by atoms with van der Waals surface area (Å²) < 4.78 is 24.9. The minimum absolute atomic E-state index is 0.0182. The van der Waals surface area contributed by atoms with Crippen molar-refractivity contribution in [3.8, 4) is 0 Å². The number of nitrogens with one attached hydrogen (secondary N) is 1. The third-order valence-electron chi connectivity index (χ3n) is 3.38. The Balaban J connectivity index is 2.17. The van der Waals surface area contributed by atoms with Gasteiger partial charge in [0.1, 0.15) is 11.9 Å². The van der Waals surface area contributed by atoms with Crippen molar-refractivity contribution < 1.29 is 13.9 Å². The minimum atomic E-state index is -0.169. The van der Waals surface area contributed by atoms with E-state index in [0.29, 0.717) is 25.4 Å². The van der Waals surface area contributed by atoms with Gasteiger partial charge in [0.05, 0.1) is 25.9 Å². The molecule has 1 saturated heterocycles. The smallest absolute Gasteiger partial charge is 0.126 e. The fraction of sp³-hybridized carbons (Fsp3) is 0.600. The van der Waals surface area contributed by atoms with E-state index in [1.54, 1.807) is 13.0 Å². The molecule has 0 saturated carbocycles. The van der Waals surface area contributed by atoms with E-state index in [2.05, 4.69) is 12.2 Å². The first-order valence-corrected chi connectivity index (χ1v) is 6.91. The standard InChI is InChI=1S/C15H22FNO2/c1-3-6-17-15(14-10-18-7-8-19-14)12-5-4-11(2)13(16)9-12/h4-5,9,14-15,17H,3,6-8,10H2,1-2H3. The molecule has 0 bridgehead atoms. The molecule has 0 amide bonds. The van der Waals surface area contributed by atoms with Crippen molar-refractivity contribution in [2.45, 2.75) is 32.4 Å². The summed E-state index contributed by atoms with van der Waals surface area (Å²) in [5, 5.41) is 3.43. The SMILES string of the molecule is CCCNC(c1ccc(C)c(F)c1)C1COCCO1. The van der Waals surface area contributed by atoms with Gasteiger partial charge in [-0.25, -0.2) is 4.39 Å². The van der Waals surface area contributed by atoms with Crippen molar-refractivity contribution in [3.63, 3.8) is 0 Å². The summed E-state index contributed by atoms with van der Waals surface area (Å²) in [5.74, 6) is -0.169. The summed E-state index contributed by atoms with van der Waals surface area (Å²) in [6, 6.07) is 5.36. The summed E-state index contributed by atoms with van der Waals surface area (Å²) >= 11 is 0. The first-order chi connectivity index (χ1) is 9.22. The molecule has 1 aromatic rings. The molecule has 2 atom stereocenters. The molecule has 3 nitrogen and oxygen atoms in total. The van der Waals surface area contributed by atoms with Crippen LogP contribution in [0.3, 0.4) is 0 Å². The molecule has 1 N–H and O–H groups in total. The lowest BCUT2D eigenvalue weighted by Crippen LogP contribution is -2.40. The number of halogens is 1. The van der Waals surface area contributed by atoms with Crippen LogP contribution in [0.25, 0.3) is 0 Å². The molecule has 0 spiro atoms. The van der Waals surface area contributed by atoms with Gasteiger partial charge in [-0.2, -0.15) is 0 Å². The molecule has 2 rings (SSSR count). The minimum Gasteiger partial charge on any atom is -0.376 e. The van der Waals surface area contributed by atoms with Gasteiger partial charge in [0.2, 0.25) is 0 Å². The van der Waals surface area contributed by atoms with Gasteiger partial charge in [0.25, 0.3) is 0 Å². The average Bonchev–Trinajstić information content (AvgIpc) is 2.44. The number of hydrogen-bond acceptors (Lipinski definition) is 3. The van der Waals surface area contributed by atoms with Gasteiger partial charge in [-0.3, -0.25) is 0 Å². The van der Waals surface area contributed by atoms with Crippen LogP contribution < -0.4 is 5.32 Å². The number of rotatable bonds is 5. The van der Waals surface area contributed by atoms with E-state index < -0.39 is 0 Å². The predicted molar refractivity (Wildman–Crippen MR) is 72.7 cm³/mol. The molecule has 0 aromatic heterocycles. The van der Waals surface area contributed by atoms with E-state index in [1.807, 2.05) is 12.1 Å². The van der Waals surface area contributed by atoms with Crippen LogP contribution in [-0.4, -0.2) is 32.5 Å². The number of benzene rings is 1. The first-order valence-electron chi connectivity index (χ1n) is 6.91. The largest absolute Gasteiger partial charge is 0.376 e. The van der Waals surface area contributed by atoms with Crippen LogP contribution in [-0.2, 0) is 9.47 Å². The quantitative estimate of drug-likeness (QED) is 0.889. The number of hydrogen-bond donors (Lipinski definition) is 1. The molecule has 0 aliphatic carbocycles. The topological polar surface area (TPSA) is 30.5 Å². The second kappa shape index (κ2) is 6.98. The summed E-state index contributed by atoms with van der Waals surface area (Å²) in [6.07, 6.45) is 0.973. The maximum atomic E-state index is 13.7. The first kappa shape index (κ1) is 14.4. The molecule has 0 radical (unpaired) electrons. The van der Waals surface area contributed by atoms with Crippen molar-refractivity contribution in [1.82, 2.24) is 5.32 Å². The van der Waals surface area contributed by atoms with Gasteiger partial charge in [-0.15, -0.1) is 0 Å². The van der Waals surface area contributed by atoms with Crippen LogP contribution in [0.5, 0.6) is 0 Å². The lowest BCUT2D eigenvalue weighted by molar-refractivity contribution is -0.102. The van der Waals surface area contributed by atoms with Crippen molar-refractivity contribution in [2.24, 2.45) is 0 Å². The second-order valence-corrected chi connectivity index (χ2v) is 4.92.